The van der Waals surface area contributed by atoms with Gasteiger partial charge >= 0.3 is 5.97 Å². The molecular formula is C11H11N3O2. The monoisotopic (exact) mass is 217 g/mol. The number of anilines is 1. The van der Waals surface area contributed by atoms with Gasteiger partial charge in [-0.2, -0.15) is 10.6 Å². The van der Waals surface area contributed by atoms with Gasteiger partial charge in [0, 0.05) is 17.7 Å². The number of aromatic nitrogens is 2. The molecular weight excluding hydrogens is 206 g/mol. The van der Waals surface area contributed by atoms with Crippen LogP contribution in [-0.4, -0.2) is 16.2 Å². The number of benzene rings is 1. The summed E-state index contributed by atoms with van der Waals surface area (Å²) in [6, 6.07) is 7.65. The third-order valence-corrected chi connectivity index (χ3v) is 2.16. The Morgan fingerprint density at radius 3 is 2.62 bits per heavy atom. The van der Waals surface area contributed by atoms with Crippen LogP contribution < -0.4 is 5.48 Å². The average Bonchev–Trinajstić information content (AvgIpc) is 2.28. The zero-order valence-corrected chi connectivity index (χ0v) is 9.02. The van der Waals surface area contributed by atoms with Crippen molar-refractivity contribution >= 4 is 22.6 Å². The molecule has 82 valence electrons. The Balaban J connectivity index is 2.46. The van der Waals surface area contributed by atoms with Crippen molar-refractivity contribution in [3.8, 4) is 0 Å². The predicted octanol–water partition coefficient (Wildman–Crippen LogP) is 1.83. The molecule has 5 nitrogen and oxygen atoms in total. The fourth-order valence-corrected chi connectivity index (χ4v) is 1.43. The first-order valence-corrected chi connectivity index (χ1v) is 4.84. The highest BCUT2D eigenvalue weighted by Crippen LogP contribution is 2.21. The van der Waals surface area contributed by atoms with Crippen LogP contribution in [0.2, 0.25) is 0 Å². The molecule has 2 aromatic rings. The molecule has 1 heterocycles. The lowest BCUT2D eigenvalue weighted by atomic mass is 10.1. The van der Waals surface area contributed by atoms with Gasteiger partial charge in [0.1, 0.15) is 0 Å². The number of rotatable bonds is 2. The highest BCUT2D eigenvalue weighted by Gasteiger charge is 2.06. The number of hydrogen-bond acceptors (Lipinski definition) is 5. The van der Waals surface area contributed by atoms with E-state index in [2.05, 4.69) is 20.5 Å². The first kappa shape index (κ1) is 10.4. The van der Waals surface area contributed by atoms with Crippen LogP contribution in [0.3, 0.4) is 0 Å². The molecule has 0 atom stereocenters. The van der Waals surface area contributed by atoms with Crippen LogP contribution in [0, 0.1) is 6.92 Å². The van der Waals surface area contributed by atoms with Crippen molar-refractivity contribution in [2.24, 2.45) is 0 Å². The maximum absolute atomic E-state index is 10.7. The summed E-state index contributed by atoms with van der Waals surface area (Å²) in [7, 11) is 0. The topological polar surface area (TPSA) is 64.1 Å². The van der Waals surface area contributed by atoms with E-state index in [9.17, 15) is 4.79 Å². The Kier molecular flexibility index (Phi) is 2.68. The highest BCUT2D eigenvalue weighted by atomic mass is 16.7. The molecule has 0 unspecified atom stereocenters. The minimum absolute atomic E-state index is 0.425. The first-order chi connectivity index (χ1) is 7.68. The van der Waals surface area contributed by atoms with Crippen molar-refractivity contribution in [1.29, 1.82) is 0 Å². The summed E-state index contributed by atoms with van der Waals surface area (Å²) < 4.78 is 0. The van der Waals surface area contributed by atoms with Crippen LogP contribution in [0.5, 0.6) is 0 Å². The van der Waals surface area contributed by atoms with Gasteiger partial charge in [-0.25, -0.2) is 0 Å². The van der Waals surface area contributed by atoms with Crippen molar-refractivity contribution in [2.75, 3.05) is 5.48 Å². The number of hydrogen-bond donors (Lipinski definition) is 1. The van der Waals surface area contributed by atoms with Gasteiger partial charge in [-0.15, -0.1) is 5.10 Å². The van der Waals surface area contributed by atoms with Crippen LogP contribution in [0.1, 0.15) is 12.6 Å². The smallest absolute Gasteiger partial charge is 0.329 e. The van der Waals surface area contributed by atoms with Gasteiger partial charge in [0.05, 0.1) is 5.69 Å². The second-order valence-corrected chi connectivity index (χ2v) is 3.38. The van der Waals surface area contributed by atoms with E-state index >= 15 is 0 Å². The molecule has 5 heteroatoms. The highest BCUT2D eigenvalue weighted by molar-refractivity contribution is 5.92. The molecule has 0 saturated heterocycles. The van der Waals surface area contributed by atoms with E-state index in [-0.39, 0.29) is 0 Å². The summed E-state index contributed by atoms with van der Waals surface area (Å²) in [5, 5.41) is 9.77. The zero-order chi connectivity index (χ0) is 11.5. The quantitative estimate of drug-likeness (QED) is 0.777. The van der Waals surface area contributed by atoms with Crippen LogP contribution in [-0.2, 0) is 9.63 Å². The molecule has 0 aliphatic heterocycles. The van der Waals surface area contributed by atoms with Gasteiger partial charge in [-0.3, -0.25) is 4.79 Å². The lowest BCUT2D eigenvalue weighted by Gasteiger charge is -2.07. The number of aryl methyl sites for hydroxylation is 1. The molecule has 0 fully saturated rings. The van der Waals surface area contributed by atoms with Gasteiger partial charge in [0.25, 0.3) is 0 Å². The standard InChI is InChI=1S/C11H11N3O2/c1-7-9-5-3-4-6-10(9)11(13-12-7)14-16-8(2)15/h3-6H,1-2H3,(H,13,14). The normalized spacial score (nSPS) is 10.1. The van der Waals surface area contributed by atoms with E-state index < -0.39 is 5.97 Å². The van der Waals surface area contributed by atoms with Crippen molar-refractivity contribution in [1.82, 2.24) is 10.2 Å². The lowest BCUT2D eigenvalue weighted by molar-refractivity contribution is -0.138. The number of nitrogens with zero attached hydrogens (tertiary/aromatic N) is 2. The fourth-order valence-electron chi connectivity index (χ4n) is 1.43. The van der Waals surface area contributed by atoms with Crippen LogP contribution >= 0.6 is 0 Å². The summed E-state index contributed by atoms with van der Waals surface area (Å²) in [5.41, 5.74) is 3.33. The third kappa shape index (κ3) is 1.93. The Morgan fingerprint density at radius 2 is 1.94 bits per heavy atom. The SMILES string of the molecule is CC(=O)ONc1nnc(C)c2ccccc12. The molecule has 1 aromatic carbocycles. The molecule has 0 amide bonds. The molecule has 0 spiro atoms. The van der Waals surface area contributed by atoms with Crippen molar-refractivity contribution in [2.45, 2.75) is 13.8 Å². The lowest BCUT2D eigenvalue weighted by Crippen LogP contribution is -2.09. The van der Waals surface area contributed by atoms with Gasteiger partial charge in [0.15, 0.2) is 5.82 Å². The predicted molar refractivity (Wildman–Crippen MR) is 59.7 cm³/mol. The van der Waals surface area contributed by atoms with Gasteiger partial charge < -0.3 is 4.84 Å². The maximum Gasteiger partial charge on any atom is 0.329 e. The molecule has 2 rings (SSSR count). The summed E-state index contributed by atoms with van der Waals surface area (Å²) >= 11 is 0. The fraction of sp³-hybridized carbons (Fsp3) is 0.182. The van der Waals surface area contributed by atoms with E-state index in [0.29, 0.717) is 5.82 Å². The minimum atomic E-state index is -0.425. The van der Waals surface area contributed by atoms with Crippen molar-refractivity contribution < 1.29 is 9.63 Å². The largest absolute Gasteiger partial charge is 0.342 e. The number of nitrogens with one attached hydrogen (secondary N) is 1. The summed E-state index contributed by atoms with van der Waals surface area (Å²) in [4.78, 5) is 15.4. The number of carbonyl (C=O) groups is 1. The second-order valence-electron chi connectivity index (χ2n) is 3.38. The molecule has 0 bridgehead atoms. The van der Waals surface area contributed by atoms with Crippen LogP contribution in [0.15, 0.2) is 24.3 Å². The first-order valence-electron chi connectivity index (χ1n) is 4.84. The number of fused-ring (bicyclic) bond motifs is 1. The molecule has 0 radical (unpaired) electrons. The molecule has 1 N–H and O–H groups in total. The van der Waals surface area contributed by atoms with Gasteiger partial charge in [-0.1, -0.05) is 24.3 Å². The molecule has 16 heavy (non-hydrogen) atoms. The van der Waals surface area contributed by atoms with E-state index in [0.717, 1.165) is 16.5 Å². The van der Waals surface area contributed by atoms with E-state index in [1.165, 1.54) is 6.92 Å². The Bertz CT molecular complexity index is 540. The Morgan fingerprint density at radius 1 is 1.25 bits per heavy atom. The van der Waals surface area contributed by atoms with Gasteiger partial charge in [-0.05, 0) is 6.92 Å². The van der Waals surface area contributed by atoms with Crippen molar-refractivity contribution in [3.05, 3.63) is 30.0 Å². The average molecular weight is 217 g/mol. The summed E-state index contributed by atoms with van der Waals surface area (Å²) in [6.07, 6.45) is 0. The van der Waals surface area contributed by atoms with Gasteiger partial charge in [0.2, 0.25) is 0 Å². The number of carbonyl (C=O) groups excluding carboxylic acids is 1. The second kappa shape index (κ2) is 4.14. The van der Waals surface area contributed by atoms with Crippen LogP contribution in [0.4, 0.5) is 5.82 Å². The van der Waals surface area contributed by atoms with E-state index in [1.807, 2.05) is 31.2 Å². The summed E-state index contributed by atoms with van der Waals surface area (Å²) in [6.45, 7) is 3.20. The minimum Gasteiger partial charge on any atom is -0.342 e. The summed E-state index contributed by atoms with van der Waals surface area (Å²) in [5.74, 6) is 0.0165. The maximum atomic E-state index is 10.7. The molecule has 0 aliphatic rings. The zero-order valence-electron chi connectivity index (χ0n) is 9.02. The van der Waals surface area contributed by atoms with Crippen molar-refractivity contribution in [3.63, 3.8) is 0 Å². The molecule has 0 saturated carbocycles. The molecule has 1 aromatic heterocycles. The Hall–Kier alpha value is -2.17. The Labute approximate surface area is 92.4 Å². The van der Waals surface area contributed by atoms with E-state index in [4.69, 9.17) is 0 Å². The third-order valence-electron chi connectivity index (χ3n) is 2.16. The molecule has 0 aliphatic carbocycles. The van der Waals surface area contributed by atoms with E-state index in [1.54, 1.807) is 0 Å². The van der Waals surface area contributed by atoms with Crippen LogP contribution in [0.25, 0.3) is 10.8 Å².